The van der Waals surface area contributed by atoms with Crippen molar-refractivity contribution in [2.75, 3.05) is 30.9 Å². The number of hydrogen-bond acceptors (Lipinski definition) is 6. The van der Waals surface area contributed by atoms with Crippen LogP contribution in [0.5, 0.6) is 0 Å². The minimum atomic E-state index is -0.444. The van der Waals surface area contributed by atoms with Crippen LogP contribution in [0.1, 0.15) is 35.5 Å². The molecule has 2 rings (SSSR count). The maximum absolute atomic E-state index is 12.3. The first kappa shape index (κ1) is 18.4. The predicted molar refractivity (Wildman–Crippen MR) is 101 cm³/mol. The molecule has 0 saturated carbocycles. The lowest BCUT2D eigenvalue weighted by Crippen LogP contribution is -2.15. The first-order chi connectivity index (χ1) is 11.8. The molecule has 2 aromatic rings. The van der Waals surface area contributed by atoms with E-state index < -0.39 is 5.97 Å². The fourth-order valence-corrected chi connectivity index (χ4v) is 2.49. The van der Waals surface area contributed by atoms with E-state index in [0.717, 1.165) is 11.4 Å². The molecule has 6 heteroatoms. The van der Waals surface area contributed by atoms with Gasteiger partial charge >= 0.3 is 5.97 Å². The molecule has 2 N–H and O–H groups in total. The SMILES string of the molecule is CCOC(=O)c1cc(C)nc(Nc2ccc(N(C)C)cc2)c1C(C)=N. The van der Waals surface area contributed by atoms with Crippen molar-refractivity contribution >= 4 is 28.9 Å². The molecule has 25 heavy (non-hydrogen) atoms. The van der Waals surface area contributed by atoms with E-state index in [-0.39, 0.29) is 12.3 Å². The average molecular weight is 340 g/mol. The number of pyridine rings is 1. The minimum Gasteiger partial charge on any atom is -0.462 e. The van der Waals surface area contributed by atoms with Crippen molar-refractivity contribution in [2.24, 2.45) is 0 Å². The maximum Gasteiger partial charge on any atom is 0.338 e. The van der Waals surface area contributed by atoms with Gasteiger partial charge in [-0.3, -0.25) is 0 Å². The highest BCUT2D eigenvalue weighted by atomic mass is 16.5. The first-order valence-electron chi connectivity index (χ1n) is 8.12. The van der Waals surface area contributed by atoms with Gasteiger partial charge in [-0.05, 0) is 51.1 Å². The fraction of sp³-hybridized carbons (Fsp3) is 0.316. The molecule has 0 saturated heterocycles. The summed E-state index contributed by atoms with van der Waals surface area (Å²) < 4.78 is 5.12. The third-order valence-corrected chi connectivity index (χ3v) is 3.66. The smallest absolute Gasteiger partial charge is 0.338 e. The van der Waals surface area contributed by atoms with Crippen LogP contribution in [-0.2, 0) is 4.74 Å². The molecule has 0 fully saturated rings. The number of hydrogen-bond donors (Lipinski definition) is 2. The highest BCUT2D eigenvalue weighted by Crippen LogP contribution is 2.25. The quantitative estimate of drug-likeness (QED) is 0.618. The van der Waals surface area contributed by atoms with Gasteiger partial charge in [0, 0.05) is 36.9 Å². The number of benzene rings is 1. The van der Waals surface area contributed by atoms with E-state index in [4.69, 9.17) is 10.1 Å². The number of anilines is 3. The lowest BCUT2D eigenvalue weighted by atomic mass is 10.0. The Bertz CT molecular complexity index is 783. The Kier molecular flexibility index (Phi) is 5.75. The van der Waals surface area contributed by atoms with Crippen LogP contribution in [0, 0.1) is 12.3 Å². The second-order valence-corrected chi connectivity index (χ2v) is 5.95. The van der Waals surface area contributed by atoms with Crippen LogP contribution >= 0.6 is 0 Å². The van der Waals surface area contributed by atoms with E-state index >= 15 is 0 Å². The molecule has 0 aliphatic carbocycles. The number of nitrogens with zero attached hydrogens (tertiary/aromatic N) is 2. The number of carbonyl (C=O) groups is 1. The molecule has 0 amide bonds. The van der Waals surface area contributed by atoms with E-state index in [9.17, 15) is 4.79 Å². The van der Waals surface area contributed by atoms with Crippen LogP contribution in [0.25, 0.3) is 0 Å². The van der Waals surface area contributed by atoms with Crippen molar-refractivity contribution in [3.63, 3.8) is 0 Å². The van der Waals surface area contributed by atoms with Gasteiger partial charge in [0.2, 0.25) is 0 Å². The summed E-state index contributed by atoms with van der Waals surface area (Å²) in [4.78, 5) is 18.8. The fourth-order valence-electron chi connectivity index (χ4n) is 2.49. The lowest BCUT2D eigenvalue weighted by Gasteiger charge is -2.16. The molecular formula is C19H24N4O2. The number of carbonyl (C=O) groups excluding carboxylic acids is 1. The van der Waals surface area contributed by atoms with Gasteiger partial charge < -0.3 is 20.4 Å². The molecule has 0 atom stereocenters. The van der Waals surface area contributed by atoms with Crippen LogP contribution in [0.15, 0.2) is 30.3 Å². The van der Waals surface area contributed by atoms with E-state index in [2.05, 4.69) is 10.3 Å². The molecule has 0 unspecified atom stereocenters. The van der Waals surface area contributed by atoms with Crippen molar-refractivity contribution < 1.29 is 9.53 Å². The Labute approximate surface area is 148 Å². The maximum atomic E-state index is 12.3. The van der Waals surface area contributed by atoms with E-state index in [1.807, 2.05) is 50.2 Å². The van der Waals surface area contributed by atoms with Crippen LogP contribution < -0.4 is 10.2 Å². The van der Waals surface area contributed by atoms with Crippen LogP contribution in [0.2, 0.25) is 0 Å². The molecule has 0 radical (unpaired) electrons. The Morgan fingerprint density at radius 2 is 1.92 bits per heavy atom. The summed E-state index contributed by atoms with van der Waals surface area (Å²) in [6.45, 7) is 5.49. The zero-order valence-corrected chi connectivity index (χ0v) is 15.3. The molecule has 0 aliphatic rings. The Morgan fingerprint density at radius 1 is 1.28 bits per heavy atom. The van der Waals surface area contributed by atoms with Gasteiger partial charge in [-0.15, -0.1) is 0 Å². The molecule has 0 spiro atoms. The molecule has 1 aromatic heterocycles. The number of nitrogens with one attached hydrogen (secondary N) is 2. The molecule has 132 valence electrons. The van der Waals surface area contributed by atoms with Crippen LogP contribution in [0.4, 0.5) is 17.2 Å². The minimum absolute atomic E-state index is 0.253. The summed E-state index contributed by atoms with van der Waals surface area (Å²) in [7, 11) is 3.96. The van der Waals surface area contributed by atoms with Crippen LogP contribution in [-0.4, -0.2) is 37.4 Å². The summed E-state index contributed by atoms with van der Waals surface area (Å²) in [5.74, 6) is 0.0359. The standard InChI is InChI=1S/C19H24N4O2/c1-6-25-19(24)16-11-12(2)21-18(17(16)13(3)20)22-14-7-9-15(10-8-14)23(4)5/h7-11,20H,6H2,1-5H3,(H,21,22). The van der Waals surface area contributed by atoms with Gasteiger partial charge in [-0.2, -0.15) is 0 Å². The van der Waals surface area contributed by atoms with Crippen molar-refractivity contribution in [3.8, 4) is 0 Å². The zero-order valence-electron chi connectivity index (χ0n) is 15.3. The van der Waals surface area contributed by atoms with Crippen molar-refractivity contribution in [1.29, 1.82) is 5.41 Å². The second kappa shape index (κ2) is 7.79. The highest BCUT2D eigenvalue weighted by Gasteiger charge is 2.20. The van der Waals surface area contributed by atoms with Gasteiger partial charge in [0.15, 0.2) is 0 Å². The first-order valence-corrected chi connectivity index (χ1v) is 8.12. The van der Waals surface area contributed by atoms with Gasteiger partial charge in [-0.25, -0.2) is 9.78 Å². The largest absolute Gasteiger partial charge is 0.462 e. The van der Waals surface area contributed by atoms with Crippen molar-refractivity contribution in [2.45, 2.75) is 20.8 Å². The monoisotopic (exact) mass is 340 g/mol. The molecule has 0 aliphatic heterocycles. The lowest BCUT2D eigenvalue weighted by molar-refractivity contribution is 0.0526. The third-order valence-electron chi connectivity index (χ3n) is 3.66. The van der Waals surface area contributed by atoms with Gasteiger partial charge in [0.05, 0.1) is 17.7 Å². The summed E-state index contributed by atoms with van der Waals surface area (Å²) in [6, 6.07) is 9.51. The Morgan fingerprint density at radius 3 is 2.44 bits per heavy atom. The summed E-state index contributed by atoms with van der Waals surface area (Å²) in [6.07, 6.45) is 0. The molecule has 6 nitrogen and oxygen atoms in total. The normalized spacial score (nSPS) is 10.3. The number of aromatic nitrogens is 1. The molecular weight excluding hydrogens is 316 g/mol. The zero-order chi connectivity index (χ0) is 18.6. The number of ether oxygens (including phenoxy) is 1. The van der Waals surface area contributed by atoms with E-state index in [0.29, 0.717) is 22.6 Å². The number of esters is 1. The highest BCUT2D eigenvalue weighted by molar-refractivity contribution is 6.10. The third kappa shape index (κ3) is 4.35. The Balaban J connectivity index is 2.45. The molecule has 1 aromatic carbocycles. The average Bonchev–Trinajstić information content (AvgIpc) is 2.54. The summed E-state index contributed by atoms with van der Waals surface area (Å²) in [5.41, 5.74) is 3.66. The summed E-state index contributed by atoms with van der Waals surface area (Å²) >= 11 is 0. The van der Waals surface area contributed by atoms with E-state index in [1.165, 1.54) is 0 Å². The number of rotatable bonds is 6. The van der Waals surface area contributed by atoms with Gasteiger partial charge in [-0.1, -0.05) is 0 Å². The van der Waals surface area contributed by atoms with Gasteiger partial charge in [0.1, 0.15) is 5.82 Å². The molecule has 1 heterocycles. The topological polar surface area (TPSA) is 78.3 Å². The van der Waals surface area contributed by atoms with Crippen molar-refractivity contribution in [3.05, 3.63) is 47.2 Å². The summed E-state index contributed by atoms with van der Waals surface area (Å²) in [5, 5.41) is 11.3. The second-order valence-electron chi connectivity index (χ2n) is 5.95. The molecule has 0 bridgehead atoms. The predicted octanol–water partition coefficient (Wildman–Crippen LogP) is 3.76. The number of aryl methyl sites for hydroxylation is 1. The van der Waals surface area contributed by atoms with E-state index in [1.54, 1.807) is 19.9 Å². The van der Waals surface area contributed by atoms with Crippen LogP contribution in [0.3, 0.4) is 0 Å². The Hall–Kier alpha value is -2.89. The van der Waals surface area contributed by atoms with Gasteiger partial charge in [0.25, 0.3) is 0 Å². The van der Waals surface area contributed by atoms with Crippen molar-refractivity contribution in [1.82, 2.24) is 4.98 Å².